The van der Waals surface area contributed by atoms with Gasteiger partial charge in [0.05, 0.1) is 19.6 Å². The zero-order valence-electron chi connectivity index (χ0n) is 20.3. The van der Waals surface area contributed by atoms with Crippen LogP contribution in [0.3, 0.4) is 0 Å². The van der Waals surface area contributed by atoms with Crippen LogP contribution < -0.4 is 37.5 Å². The molecule has 38 heavy (non-hydrogen) atoms. The predicted molar refractivity (Wildman–Crippen MR) is 137 cm³/mol. The monoisotopic (exact) mass is 527 g/mol. The minimum absolute atomic E-state index is 0.184. The number of aliphatic carboxylic acids is 1. The van der Waals surface area contributed by atoms with Crippen LogP contribution in [0.5, 0.6) is 5.75 Å². The lowest BCUT2D eigenvalue weighted by molar-refractivity contribution is -0.139. The summed E-state index contributed by atoms with van der Waals surface area (Å²) in [7, 11) is 0. The Labute approximate surface area is 217 Å². The number of carboxylic acid groups (broad SMARTS) is 1. The molecule has 0 heterocycles. The van der Waals surface area contributed by atoms with Gasteiger partial charge in [-0.15, -0.1) is 0 Å². The molecule has 4 amide bonds. The molecule has 0 aliphatic rings. The van der Waals surface area contributed by atoms with Crippen molar-refractivity contribution >= 4 is 46.9 Å². The molecular formula is C24H29N7O7. The highest BCUT2D eigenvalue weighted by atomic mass is 16.5. The summed E-state index contributed by atoms with van der Waals surface area (Å²) in [6.07, 6.45) is -0.0417. The number of hydrogen-bond acceptors (Lipinski definition) is 7. The molecule has 2 aromatic rings. The number of carbonyl (C=O) groups excluding carboxylic acids is 4. The van der Waals surface area contributed by atoms with Crippen molar-refractivity contribution in [3.63, 3.8) is 0 Å². The Kier molecular flexibility index (Phi) is 11.0. The van der Waals surface area contributed by atoms with Crippen LogP contribution in [0, 0.1) is 5.41 Å². The van der Waals surface area contributed by atoms with Gasteiger partial charge in [0, 0.05) is 23.4 Å². The van der Waals surface area contributed by atoms with E-state index in [1.807, 2.05) is 0 Å². The van der Waals surface area contributed by atoms with Gasteiger partial charge in [0.1, 0.15) is 11.8 Å². The van der Waals surface area contributed by atoms with Crippen LogP contribution in [0.25, 0.3) is 0 Å². The van der Waals surface area contributed by atoms with E-state index in [-0.39, 0.29) is 24.6 Å². The van der Waals surface area contributed by atoms with Crippen LogP contribution in [0.1, 0.15) is 29.6 Å². The maximum absolute atomic E-state index is 12.6. The number of hydrogen-bond donors (Lipinski definition) is 8. The average molecular weight is 528 g/mol. The van der Waals surface area contributed by atoms with Gasteiger partial charge in [-0.1, -0.05) is 6.07 Å². The largest absolute Gasteiger partial charge is 0.494 e. The first-order valence-electron chi connectivity index (χ1n) is 11.4. The van der Waals surface area contributed by atoms with Crippen LogP contribution in [0.2, 0.25) is 0 Å². The summed E-state index contributed by atoms with van der Waals surface area (Å²) in [5.41, 5.74) is 11.2. The molecule has 14 heteroatoms. The van der Waals surface area contributed by atoms with Gasteiger partial charge in [0.2, 0.25) is 17.7 Å². The Balaban J connectivity index is 1.90. The second kappa shape index (κ2) is 14.4. The normalized spacial score (nSPS) is 10.9. The van der Waals surface area contributed by atoms with Crippen LogP contribution >= 0.6 is 0 Å². The van der Waals surface area contributed by atoms with Crippen molar-refractivity contribution in [1.29, 1.82) is 5.41 Å². The Morgan fingerprint density at radius 1 is 0.974 bits per heavy atom. The number of nitrogens with one attached hydrogen (secondary N) is 5. The molecule has 0 saturated heterocycles. The third kappa shape index (κ3) is 10.6. The standard InChI is InChI=1S/C24H29N7O7/c25-19(32)5-2-10-38-17-8-6-15(7-9-17)29-23(37)18(12-21(34)35)31-20(33)13-28-22(36)14-3-1-4-16(11-14)30-24(26)27/h1,3-4,6-9,11,18H,2,5,10,12-13H2,(H2,25,32)(H,28,36)(H,29,37)(H,31,33)(H,34,35)(H4,26,27,30)/t18-/m0/s1. The van der Waals surface area contributed by atoms with Gasteiger partial charge in [-0.2, -0.15) is 0 Å². The number of carboxylic acids is 1. The molecule has 0 aromatic heterocycles. The maximum atomic E-state index is 12.6. The van der Waals surface area contributed by atoms with Gasteiger partial charge in [0.25, 0.3) is 5.91 Å². The van der Waals surface area contributed by atoms with E-state index in [9.17, 15) is 24.0 Å². The summed E-state index contributed by atoms with van der Waals surface area (Å²) >= 11 is 0. The average Bonchev–Trinajstić information content (AvgIpc) is 2.85. The molecule has 0 fully saturated rings. The van der Waals surface area contributed by atoms with Gasteiger partial charge in [-0.3, -0.25) is 29.4 Å². The minimum Gasteiger partial charge on any atom is -0.494 e. The minimum atomic E-state index is -1.41. The molecular weight excluding hydrogens is 498 g/mol. The molecule has 0 aliphatic heterocycles. The number of carbonyl (C=O) groups is 5. The summed E-state index contributed by atoms with van der Waals surface area (Å²) in [6.45, 7) is -0.243. The third-order valence-corrected chi connectivity index (χ3v) is 4.80. The van der Waals surface area contributed by atoms with E-state index >= 15 is 0 Å². The van der Waals surface area contributed by atoms with Crippen molar-refractivity contribution < 1.29 is 33.8 Å². The van der Waals surface area contributed by atoms with Gasteiger partial charge < -0.3 is 42.6 Å². The molecule has 10 N–H and O–H groups in total. The van der Waals surface area contributed by atoms with Crippen LogP contribution in [0.15, 0.2) is 48.5 Å². The summed E-state index contributed by atoms with van der Waals surface area (Å²) in [5, 5.41) is 26.1. The molecule has 2 rings (SSSR count). The molecule has 0 unspecified atom stereocenters. The number of benzene rings is 2. The topological polar surface area (TPSA) is 239 Å². The van der Waals surface area contributed by atoms with Crippen LogP contribution in [0.4, 0.5) is 11.4 Å². The number of amides is 4. The Morgan fingerprint density at radius 2 is 1.68 bits per heavy atom. The summed E-state index contributed by atoms with van der Waals surface area (Å²) in [6, 6.07) is 10.8. The van der Waals surface area contributed by atoms with Gasteiger partial charge >= 0.3 is 5.97 Å². The first-order valence-corrected chi connectivity index (χ1v) is 11.4. The fourth-order valence-corrected chi connectivity index (χ4v) is 3.09. The second-order valence-corrected chi connectivity index (χ2v) is 7.95. The van der Waals surface area contributed by atoms with E-state index < -0.39 is 48.6 Å². The first-order chi connectivity index (χ1) is 18.0. The highest BCUT2D eigenvalue weighted by Gasteiger charge is 2.24. The number of anilines is 2. The van der Waals surface area contributed by atoms with Crippen molar-refractivity contribution in [2.75, 3.05) is 23.8 Å². The lowest BCUT2D eigenvalue weighted by atomic mass is 10.1. The first kappa shape index (κ1) is 29.1. The number of guanidine groups is 1. The van der Waals surface area contributed by atoms with E-state index in [1.165, 1.54) is 24.3 Å². The van der Waals surface area contributed by atoms with Crippen molar-refractivity contribution in [3.8, 4) is 5.75 Å². The summed E-state index contributed by atoms with van der Waals surface area (Å²) < 4.78 is 5.46. The molecule has 2 aromatic carbocycles. The van der Waals surface area contributed by atoms with E-state index in [1.54, 1.807) is 24.3 Å². The molecule has 0 radical (unpaired) electrons. The lowest BCUT2D eigenvalue weighted by Crippen LogP contribution is -2.48. The highest BCUT2D eigenvalue weighted by molar-refractivity contribution is 6.01. The number of nitrogens with two attached hydrogens (primary N) is 2. The second-order valence-electron chi connectivity index (χ2n) is 7.95. The Morgan fingerprint density at radius 3 is 2.32 bits per heavy atom. The van der Waals surface area contributed by atoms with Crippen molar-refractivity contribution in [2.45, 2.75) is 25.3 Å². The van der Waals surface area contributed by atoms with E-state index in [4.69, 9.17) is 26.7 Å². The zero-order chi connectivity index (χ0) is 28.1. The third-order valence-electron chi connectivity index (χ3n) is 4.80. The van der Waals surface area contributed by atoms with Crippen molar-refractivity contribution in [2.24, 2.45) is 11.5 Å². The molecule has 202 valence electrons. The molecule has 0 bridgehead atoms. The SMILES string of the molecule is N=C(N)Nc1cccc(C(=O)NCC(=O)N[C@@H](CC(=O)O)C(=O)Nc2ccc(OCCCC(N)=O)cc2)c1. The highest BCUT2D eigenvalue weighted by Crippen LogP contribution is 2.16. The van der Waals surface area contributed by atoms with Crippen molar-refractivity contribution in [3.05, 3.63) is 54.1 Å². The molecule has 0 spiro atoms. The zero-order valence-corrected chi connectivity index (χ0v) is 20.3. The number of ether oxygens (including phenoxy) is 1. The Hall–Kier alpha value is -5.14. The fraction of sp³-hybridized carbons (Fsp3) is 0.250. The molecule has 14 nitrogen and oxygen atoms in total. The van der Waals surface area contributed by atoms with Gasteiger partial charge in [0.15, 0.2) is 5.96 Å². The number of rotatable bonds is 14. The van der Waals surface area contributed by atoms with Crippen LogP contribution in [-0.4, -0.2) is 59.9 Å². The lowest BCUT2D eigenvalue weighted by Gasteiger charge is -2.17. The summed E-state index contributed by atoms with van der Waals surface area (Å²) in [4.78, 5) is 59.3. The van der Waals surface area contributed by atoms with Gasteiger partial charge in [-0.05, 0) is 48.9 Å². The van der Waals surface area contributed by atoms with E-state index in [0.29, 0.717) is 23.5 Å². The molecule has 0 aliphatic carbocycles. The number of primary amides is 1. The quantitative estimate of drug-likeness (QED) is 0.0933. The maximum Gasteiger partial charge on any atom is 0.305 e. The van der Waals surface area contributed by atoms with Crippen LogP contribution in [-0.2, 0) is 19.2 Å². The smallest absolute Gasteiger partial charge is 0.305 e. The van der Waals surface area contributed by atoms with Crippen molar-refractivity contribution in [1.82, 2.24) is 10.6 Å². The Bertz CT molecular complexity index is 1180. The fourth-order valence-electron chi connectivity index (χ4n) is 3.09. The predicted octanol–water partition coefficient (Wildman–Crippen LogP) is -0.0357. The van der Waals surface area contributed by atoms with E-state index in [2.05, 4.69) is 21.3 Å². The summed E-state index contributed by atoms with van der Waals surface area (Å²) in [5.74, 6) is -3.73. The van der Waals surface area contributed by atoms with E-state index in [0.717, 1.165) is 0 Å². The molecule has 1 atom stereocenters. The molecule has 0 saturated carbocycles. The van der Waals surface area contributed by atoms with Gasteiger partial charge in [-0.25, -0.2) is 0 Å².